The number of ether oxygens (including phenoxy) is 2. The molecule has 0 bridgehead atoms. The van der Waals surface area contributed by atoms with E-state index in [1.807, 2.05) is 31.2 Å². The summed E-state index contributed by atoms with van der Waals surface area (Å²) in [4.78, 5) is 15.4. The lowest BCUT2D eigenvalue weighted by Gasteiger charge is -2.17. The Bertz CT molecular complexity index is 640. The third-order valence-electron chi connectivity index (χ3n) is 3.21. The van der Waals surface area contributed by atoms with Gasteiger partial charge in [0.25, 0.3) is 0 Å². The van der Waals surface area contributed by atoms with Crippen LogP contribution in [0, 0.1) is 5.95 Å². The van der Waals surface area contributed by atoms with Crippen molar-refractivity contribution in [1.82, 2.24) is 9.55 Å². The molecule has 6 heteroatoms. The minimum atomic E-state index is -0.830. The lowest BCUT2D eigenvalue weighted by molar-refractivity contribution is 0.0506. The van der Waals surface area contributed by atoms with E-state index >= 15 is 0 Å². The molecule has 0 aliphatic carbocycles. The van der Waals surface area contributed by atoms with Gasteiger partial charge >= 0.3 is 5.97 Å². The Morgan fingerprint density at radius 3 is 2.90 bits per heavy atom. The van der Waals surface area contributed by atoms with Crippen LogP contribution in [0.1, 0.15) is 35.9 Å². The summed E-state index contributed by atoms with van der Waals surface area (Å²) >= 11 is 0. The van der Waals surface area contributed by atoms with Crippen molar-refractivity contribution in [2.24, 2.45) is 0 Å². The van der Waals surface area contributed by atoms with Crippen LogP contribution in [-0.4, -0.2) is 29.2 Å². The van der Waals surface area contributed by atoms with Gasteiger partial charge in [0.2, 0.25) is 5.95 Å². The van der Waals surface area contributed by atoms with Crippen molar-refractivity contribution >= 4 is 5.97 Å². The van der Waals surface area contributed by atoms with Crippen molar-refractivity contribution in [3.63, 3.8) is 0 Å². The van der Waals surface area contributed by atoms with Crippen molar-refractivity contribution in [3.8, 4) is 5.75 Å². The largest absolute Gasteiger partial charge is 0.497 e. The fraction of sp³-hybridized carbons (Fsp3) is 0.333. The number of hydrogen-bond acceptors (Lipinski definition) is 4. The van der Waals surface area contributed by atoms with Gasteiger partial charge in [-0.1, -0.05) is 12.1 Å². The monoisotopic (exact) mass is 292 g/mol. The molecule has 0 amide bonds. The maximum absolute atomic E-state index is 13.7. The third kappa shape index (κ3) is 3.04. The zero-order chi connectivity index (χ0) is 15.4. The molecule has 1 unspecified atom stereocenters. The van der Waals surface area contributed by atoms with E-state index in [0.29, 0.717) is 5.75 Å². The van der Waals surface area contributed by atoms with Gasteiger partial charge in [0.1, 0.15) is 5.75 Å². The first-order valence-corrected chi connectivity index (χ1v) is 6.61. The van der Waals surface area contributed by atoms with Crippen LogP contribution < -0.4 is 4.74 Å². The van der Waals surface area contributed by atoms with Gasteiger partial charge in [-0.2, -0.15) is 4.39 Å². The standard InChI is InChI=1S/C15H17FN2O3/c1-4-21-15(19)13-14(16)17-9-18(13)10(2)11-6-5-7-12(8-11)20-3/h5-10H,4H2,1-3H3. The van der Waals surface area contributed by atoms with Gasteiger partial charge in [0.05, 0.1) is 26.1 Å². The van der Waals surface area contributed by atoms with Crippen LogP contribution in [0.5, 0.6) is 5.75 Å². The summed E-state index contributed by atoms with van der Waals surface area (Å²) in [6.07, 6.45) is 1.30. The molecule has 0 radical (unpaired) electrons. The Labute approximate surface area is 122 Å². The number of carbonyl (C=O) groups excluding carboxylic acids is 1. The number of halogens is 1. The molecule has 1 heterocycles. The molecular weight excluding hydrogens is 275 g/mol. The zero-order valence-corrected chi connectivity index (χ0v) is 12.2. The number of aromatic nitrogens is 2. The molecule has 0 aliphatic heterocycles. The predicted octanol–water partition coefficient (Wildman–Crippen LogP) is 2.82. The minimum Gasteiger partial charge on any atom is -0.497 e. The second-order valence-electron chi connectivity index (χ2n) is 4.46. The zero-order valence-electron chi connectivity index (χ0n) is 12.2. The minimum absolute atomic E-state index is 0.174. The number of imidazole rings is 1. The molecule has 21 heavy (non-hydrogen) atoms. The van der Waals surface area contributed by atoms with Gasteiger partial charge in [0.15, 0.2) is 5.69 Å². The van der Waals surface area contributed by atoms with Gasteiger partial charge in [-0.3, -0.25) is 0 Å². The molecule has 0 spiro atoms. The highest BCUT2D eigenvalue weighted by molar-refractivity contribution is 5.87. The average Bonchev–Trinajstić information content (AvgIpc) is 2.88. The van der Waals surface area contributed by atoms with Crippen LogP contribution >= 0.6 is 0 Å². The molecule has 0 aliphatic rings. The Morgan fingerprint density at radius 2 is 2.24 bits per heavy atom. The summed E-state index contributed by atoms with van der Waals surface area (Å²) in [7, 11) is 1.57. The average molecular weight is 292 g/mol. The summed E-state index contributed by atoms with van der Waals surface area (Å²) in [5, 5.41) is 0. The summed E-state index contributed by atoms with van der Waals surface area (Å²) in [6, 6.07) is 7.08. The van der Waals surface area contributed by atoms with E-state index in [-0.39, 0.29) is 18.3 Å². The molecule has 2 rings (SSSR count). The van der Waals surface area contributed by atoms with Gasteiger partial charge < -0.3 is 14.0 Å². The van der Waals surface area contributed by atoms with Gasteiger partial charge in [-0.25, -0.2) is 9.78 Å². The number of methoxy groups -OCH3 is 1. The Kier molecular flexibility index (Phi) is 4.57. The Morgan fingerprint density at radius 1 is 1.48 bits per heavy atom. The van der Waals surface area contributed by atoms with Gasteiger partial charge in [-0.05, 0) is 31.5 Å². The van der Waals surface area contributed by atoms with Crippen LogP contribution in [0.15, 0.2) is 30.6 Å². The van der Waals surface area contributed by atoms with E-state index in [1.54, 1.807) is 14.0 Å². The number of hydrogen-bond donors (Lipinski definition) is 0. The molecule has 0 saturated heterocycles. The molecule has 112 valence electrons. The smallest absolute Gasteiger partial charge is 0.359 e. The van der Waals surface area contributed by atoms with Crippen LogP contribution in [0.25, 0.3) is 0 Å². The SMILES string of the molecule is CCOC(=O)c1c(F)ncn1C(C)c1cccc(OC)c1. The van der Waals surface area contributed by atoms with Crippen LogP contribution in [-0.2, 0) is 4.74 Å². The summed E-state index contributed by atoms with van der Waals surface area (Å²) < 4.78 is 25.3. The molecule has 1 aromatic heterocycles. The van der Waals surface area contributed by atoms with E-state index < -0.39 is 11.9 Å². The molecular formula is C15H17FN2O3. The van der Waals surface area contributed by atoms with Gasteiger partial charge in [-0.15, -0.1) is 0 Å². The second-order valence-corrected chi connectivity index (χ2v) is 4.46. The highest BCUT2D eigenvalue weighted by Crippen LogP contribution is 2.24. The lowest BCUT2D eigenvalue weighted by atomic mass is 10.1. The number of esters is 1. The summed E-state index contributed by atoms with van der Waals surface area (Å²) in [5.74, 6) is -0.858. The van der Waals surface area contributed by atoms with Crippen molar-refractivity contribution in [3.05, 3.63) is 47.8 Å². The number of nitrogens with zero attached hydrogens (tertiary/aromatic N) is 2. The van der Waals surface area contributed by atoms with E-state index in [9.17, 15) is 9.18 Å². The number of rotatable bonds is 5. The molecule has 0 N–H and O–H groups in total. The first-order chi connectivity index (χ1) is 10.1. The predicted molar refractivity (Wildman–Crippen MR) is 74.9 cm³/mol. The van der Waals surface area contributed by atoms with Crippen molar-refractivity contribution in [1.29, 1.82) is 0 Å². The third-order valence-corrected chi connectivity index (χ3v) is 3.21. The van der Waals surface area contributed by atoms with E-state index in [4.69, 9.17) is 9.47 Å². The van der Waals surface area contributed by atoms with E-state index in [2.05, 4.69) is 4.98 Å². The number of benzene rings is 1. The summed E-state index contributed by atoms with van der Waals surface area (Å²) in [5.41, 5.74) is 0.699. The van der Waals surface area contributed by atoms with Crippen LogP contribution in [0.2, 0.25) is 0 Å². The van der Waals surface area contributed by atoms with E-state index in [0.717, 1.165) is 5.56 Å². The van der Waals surface area contributed by atoms with Crippen molar-refractivity contribution in [2.45, 2.75) is 19.9 Å². The highest BCUT2D eigenvalue weighted by atomic mass is 19.1. The normalized spacial score (nSPS) is 12.0. The fourth-order valence-electron chi connectivity index (χ4n) is 2.08. The Hall–Kier alpha value is -2.37. The molecule has 1 aromatic carbocycles. The van der Waals surface area contributed by atoms with Crippen LogP contribution in [0.4, 0.5) is 4.39 Å². The maximum atomic E-state index is 13.7. The van der Waals surface area contributed by atoms with Crippen LogP contribution in [0.3, 0.4) is 0 Å². The second kappa shape index (κ2) is 6.39. The Balaban J connectivity index is 2.39. The molecule has 0 saturated carbocycles. The maximum Gasteiger partial charge on any atom is 0.359 e. The van der Waals surface area contributed by atoms with Gasteiger partial charge in [0, 0.05) is 0 Å². The lowest BCUT2D eigenvalue weighted by Crippen LogP contribution is -2.17. The van der Waals surface area contributed by atoms with E-state index in [1.165, 1.54) is 10.9 Å². The fourth-order valence-corrected chi connectivity index (χ4v) is 2.08. The molecule has 1 atom stereocenters. The highest BCUT2D eigenvalue weighted by Gasteiger charge is 2.23. The van der Waals surface area contributed by atoms with Crippen molar-refractivity contribution in [2.75, 3.05) is 13.7 Å². The topological polar surface area (TPSA) is 53.3 Å². The van der Waals surface area contributed by atoms with Crippen molar-refractivity contribution < 1.29 is 18.7 Å². The quantitative estimate of drug-likeness (QED) is 0.795. The molecule has 5 nitrogen and oxygen atoms in total. The first-order valence-electron chi connectivity index (χ1n) is 6.61. The summed E-state index contributed by atoms with van der Waals surface area (Å²) in [6.45, 7) is 3.69. The molecule has 2 aromatic rings. The number of carbonyl (C=O) groups is 1. The molecule has 0 fully saturated rings. The first kappa shape index (κ1) is 15.0.